The summed E-state index contributed by atoms with van der Waals surface area (Å²) >= 11 is 0. The lowest BCUT2D eigenvalue weighted by Crippen LogP contribution is -2.02. The van der Waals surface area contributed by atoms with E-state index in [-0.39, 0.29) is 6.61 Å². The monoisotopic (exact) mass is 217 g/mol. The molecule has 2 rings (SSSR count). The van der Waals surface area contributed by atoms with Crippen molar-refractivity contribution in [2.75, 3.05) is 0 Å². The average molecular weight is 217 g/mol. The zero-order chi connectivity index (χ0) is 11.7. The summed E-state index contributed by atoms with van der Waals surface area (Å²) in [6.07, 6.45) is 1.67. The maximum absolute atomic E-state index is 8.94. The molecule has 0 radical (unpaired) electrons. The molecule has 0 aliphatic carbocycles. The van der Waals surface area contributed by atoms with Crippen LogP contribution in [0.1, 0.15) is 22.5 Å². The van der Waals surface area contributed by atoms with Crippen molar-refractivity contribution in [3.8, 4) is 5.82 Å². The van der Waals surface area contributed by atoms with Crippen LogP contribution in [-0.2, 0) is 6.61 Å². The molecule has 84 valence electrons. The molecule has 2 heterocycles. The van der Waals surface area contributed by atoms with Gasteiger partial charge < -0.3 is 5.11 Å². The SMILES string of the molecule is Cc1nn(-c2ccc(CO)cn2)c(C)c1C. The van der Waals surface area contributed by atoms with Crippen LogP contribution in [-0.4, -0.2) is 19.9 Å². The number of rotatable bonds is 2. The molecule has 0 saturated carbocycles. The van der Waals surface area contributed by atoms with E-state index >= 15 is 0 Å². The first-order valence-corrected chi connectivity index (χ1v) is 5.22. The zero-order valence-electron chi connectivity index (χ0n) is 9.73. The summed E-state index contributed by atoms with van der Waals surface area (Å²) in [5.74, 6) is 0.783. The van der Waals surface area contributed by atoms with Crippen molar-refractivity contribution >= 4 is 0 Å². The molecule has 1 N–H and O–H groups in total. The minimum Gasteiger partial charge on any atom is -0.392 e. The second-order valence-corrected chi connectivity index (χ2v) is 3.89. The Balaban J connectivity index is 2.46. The molecule has 0 fully saturated rings. The van der Waals surface area contributed by atoms with Crippen molar-refractivity contribution in [3.05, 3.63) is 40.8 Å². The first kappa shape index (κ1) is 10.8. The number of hydrogen-bond acceptors (Lipinski definition) is 3. The first-order valence-electron chi connectivity index (χ1n) is 5.22. The number of aliphatic hydroxyl groups excluding tert-OH is 1. The molecule has 0 saturated heterocycles. The summed E-state index contributed by atoms with van der Waals surface area (Å²) in [6, 6.07) is 3.72. The maximum Gasteiger partial charge on any atom is 0.153 e. The number of aromatic nitrogens is 3. The van der Waals surface area contributed by atoms with Gasteiger partial charge in [0, 0.05) is 11.9 Å². The van der Waals surface area contributed by atoms with Gasteiger partial charge in [0.1, 0.15) is 0 Å². The van der Waals surface area contributed by atoms with Crippen LogP contribution in [0.2, 0.25) is 0 Å². The highest BCUT2D eigenvalue weighted by Gasteiger charge is 2.09. The lowest BCUT2D eigenvalue weighted by atomic mass is 10.2. The molecule has 0 aliphatic heterocycles. The average Bonchev–Trinajstić information content (AvgIpc) is 2.57. The molecule has 4 nitrogen and oxygen atoms in total. The Labute approximate surface area is 94.6 Å². The summed E-state index contributed by atoms with van der Waals surface area (Å²) in [5, 5.41) is 13.4. The molecule has 0 bridgehead atoms. The molecule has 0 atom stereocenters. The third-order valence-electron chi connectivity index (χ3n) is 2.86. The molecule has 0 amide bonds. The van der Waals surface area contributed by atoms with Crippen molar-refractivity contribution in [2.24, 2.45) is 0 Å². The third kappa shape index (κ3) is 1.72. The largest absolute Gasteiger partial charge is 0.392 e. The van der Waals surface area contributed by atoms with Crippen molar-refractivity contribution in [3.63, 3.8) is 0 Å². The highest BCUT2D eigenvalue weighted by molar-refractivity contribution is 5.32. The number of aryl methyl sites for hydroxylation is 1. The van der Waals surface area contributed by atoms with Crippen LogP contribution in [0, 0.1) is 20.8 Å². The van der Waals surface area contributed by atoms with E-state index in [1.54, 1.807) is 6.20 Å². The van der Waals surface area contributed by atoms with E-state index in [1.807, 2.05) is 30.7 Å². The summed E-state index contributed by atoms with van der Waals surface area (Å²) in [4.78, 5) is 4.28. The summed E-state index contributed by atoms with van der Waals surface area (Å²) in [6.45, 7) is 6.08. The minimum atomic E-state index is 0.0173. The fourth-order valence-corrected chi connectivity index (χ4v) is 1.58. The number of aliphatic hydroxyl groups is 1. The van der Waals surface area contributed by atoms with Gasteiger partial charge in [-0.15, -0.1) is 0 Å². The highest BCUT2D eigenvalue weighted by atomic mass is 16.3. The van der Waals surface area contributed by atoms with Crippen LogP contribution in [0.5, 0.6) is 0 Å². The van der Waals surface area contributed by atoms with Crippen molar-refractivity contribution in [1.29, 1.82) is 0 Å². The smallest absolute Gasteiger partial charge is 0.153 e. The van der Waals surface area contributed by atoms with Crippen molar-refractivity contribution in [1.82, 2.24) is 14.8 Å². The molecule has 4 heteroatoms. The molecule has 0 unspecified atom stereocenters. The normalized spacial score (nSPS) is 10.8. The van der Waals surface area contributed by atoms with Crippen molar-refractivity contribution < 1.29 is 5.11 Å². The van der Waals surface area contributed by atoms with Gasteiger partial charge in [0.15, 0.2) is 5.82 Å². The zero-order valence-corrected chi connectivity index (χ0v) is 9.73. The van der Waals surface area contributed by atoms with Crippen LogP contribution in [0.15, 0.2) is 18.3 Å². The Kier molecular flexibility index (Phi) is 2.75. The quantitative estimate of drug-likeness (QED) is 0.832. The van der Waals surface area contributed by atoms with Gasteiger partial charge in [-0.2, -0.15) is 5.10 Å². The Hall–Kier alpha value is -1.68. The van der Waals surface area contributed by atoms with E-state index in [0.29, 0.717) is 0 Å². The van der Waals surface area contributed by atoms with Gasteiger partial charge in [-0.1, -0.05) is 6.07 Å². The summed E-state index contributed by atoms with van der Waals surface area (Å²) < 4.78 is 1.83. The van der Waals surface area contributed by atoms with Crippen LogP contribution in [0.4, 0.5) is 0 Å². The lowest BCUT2D eigenvalue weighted by Gasteiger charge is -2.04. The topological polar surface area (TPSA) is 50.9 Å². The van der Waals surface area contributed by atoms with Gasteiger partial charge in [-0.25, -0.2) is 9.67 Å². The standard InChI is InChI=1S/C12H15N3O/c1-8-9(2)14-15(10(8)3)12-5-4-11(7-16)6-13-12/h4-6,16H,7H2,1-3H3. The van der Waals surface area contributed by atoms with Gasteiger partial charge in [0.25, 0.3) is 0 Å². The number of hydrogen-bond donors (Lipinski definition) is 1. The fraction of sp³-hybridized carbons (Fsp3) is 0.333. The third-order valence-corrected chi connectivity index (χ3v) is 2.86. The van der Waals surface area contributed by atoms with E-state index in [0.717, 1.165) is 22.8 Å². The molecular formula is C12H15N3O. The van der Waals surface area contributed by atoms with Gasteiger partial charge in [-0.05, 0) is 38.0 Å². The van der Waals surface area contributed by atoms with Crippen molar-refractivity contribution in [2.45, 2.75) is 27.4 Å². The number of pyridine rings is 1. The molecule has 0 spiro atoms. The second-order valence-electron chi connectivity index (χ2n) is 3.89. The second kappa shape index (κ2) is 4.06. The molecule has 2 aromatic rings. The maximum atomic E-state index is 8.94. The van der Waals surface area contributed by atoms with E-state index in [2.05, 4.69) is 17.0 Å². The predicted octanol–water partition coefficient (Wildman–Crippen LogP) is 1.68. The van der Waals surface area contributed by atoms with E-state index in [4.69, 9.17) is 5.11 Å². The summed E-state index contributed by atoms with van der Waals surface area (Å²) in [7, 11) is 0. The van der Waals surface area contributed by atoms with Gasteiger partial charge in [0.2, 0.25) is 0 Å². The number of nitrogens with zero attached hydrogens (tertiary/aromatic N) is 3. The van der Waals surface area contributed by atoms with Crippen LogP contribution in [0.3, 0.4) is 0 Å². The molecule has 2 aromatic heterocycles. The lowest BCUT2D eigenvalue weighted by molar-refractivity contribution is 0.281. The van der Waals surface area contributed by atoms with E-state index in [1.165, 1.54) is 5.56 Å². The Morgan fingerprint density at radius 3 is 2.44 bits per heavy atom. The van der Waals surface area contributed by atoms with Crippen LogP contribution in [0.25, 0.3) is 5.82 Å². The first-order chi connectivity index (χ1) is 7.63. The highest BCUT2D eigenvalue weighted by Crippen LogP contribution is 2.15. The Morgan fingerprint density at radius 2 is 2.00 bits per heavy atom. The fourth-order valence-electron chi connectivity index (χ4n) is 1.58. The van der Waals surface area contributed by atoms with Gasteiger partial charge in [0.05, 0.1) is 12.3 Å². The Morgan fingerprint density at radius 1 is 1.25 bits per heavy atom. The summed E-state index contributed by atoms with van der Waals surface area (Å²) in [5.41, 5.74) is 4.11. The van der Waals surface area contributed by atoms with Gasteiger partial charge >= 0.3 is 0 Å². The molecule has 0 aliphatic rings. The molecule has 0 aromatic carbocycles. The molecule has 16 heavy (non-hydrogen) atoms. The Bertz CT molecular complexity index is 500. The van der Waals surface area contributed by atoms with Gasteiger partial charge in [-0.3, -0.25) is 0 Å². The molecular weight excluding hydrogens is 202 g/mol. The minimum absolute atomic E-state index is 0.0173. The van der Waals surface area contributed by atoms with E-state index < -0.39 is 0 Å². The van der Waals surface area contributed by atoms with E-state index in [9.17, 15) is 0 Å². The van der Waals surface area contributed by atoms with Crippen LogP contribution >= 0.6 is 0 Å². The van der Waals surface area contributed by atoms with Crippen LogP contribution < -0.4 is 0 Å². The predicted molar refractivity (Wildman–Crippen MR) is 61.5 cm³/mol.